The minimum atomic E-state index is -4.56. The lowest BCUT2D eigenvalue weighted by molar-refractivity contribution is -0.137. The molecule has 1 aliphatic rings. The van der Waals surface area contributed by atoms with Gasteiger partial charge in [0.25, 0.3) is 0 Å². The van der Waals surface area contributed by atoms with Crippen molar-refractivity contribution in [3.63, 3.8) is 0 Å². The number of amides is 1. The number of likely N-dealkylation sites (tertiary alicyclic amines) is 1. The van der Waals surface area contributed by atoms with E-state index in [-0.39, 0.29) is 53.6 Å². The second-order valence-electron chi connectivity index (χ2n) is 10.6. The van der Waals surface area contributed by atoms with E-state index in [4.69, 9.17) is 16.3 Å². The van der Waals surface area contributed by atoms with Crippen LogP contribution in [0.3, 0.4) is 0 Å². The number of anilines is 1. The minimum absolute atomic E-state index is 0.0268. The molecule has 234 valence electrons. The predicted molar refractivity (Wildman–Crippen MR) is 162 cm³/mol. The average Bonchev–Trinajstić information content (AvgIpc) is 2.96. The van der Waals surface area contributed by atoms with Crippen LogP contribution in [-0.4, -0.2) is 50.3 Å². The van der Waals surface area contributed by atoms with Crippen molar-refractivity contribution in [2.75, 3.05) is 4.90 Å². The van der Waals surface area contributed by atoms with E-state index < -0.39 is 11.7 Å². The Kier molecular flexibility index (Phi) is 12.1. The van der Waals surface area contributed by atoms with E-state index in [1.165, 1.54) is 18.5 Å². The van der Waals surface area contributed by atoms with Crippen LogP contribution < -0.4 is 4.90 Å². The zero-order valence-corrected chi connectivity index (χ0v) is 25.9. The Morgan fingerprint density at radius 1 is 1.07 bits per heavy atom. The van der Waals surface area contributed by atoms with Crippen LogP contribution >= 0.6 is 11.6 Å². The van der Waals surface area contributed by atoms with Crippen LogP contribution in [0.15, 0.2) is 60.9 Å². The van der Waals surface area contributed by atoms with E-state index in [2.05, 4.69) is 9.97 Å². The van der Waals surface area contributed by atoms with Crippen molar-refractivity contribution in [3.8, 4) is 5.75 Å². The molecule has 0 spiro atoms. The first-order valence-electron chi connectivity index (χ1n) is 14.6. The topological polar surface area (TPSA) is 78.8 Å². The number of halogens is 4. The first kappa shape index (κ1) is 34.0. The molecule has 1 aliphatic heterocycles. The van der Waals surface area contributed by atoms with Gasteiger partial charge in [0.15, 0.2) is 5.75 Å². The van der Waals surface area contributed by atoms with Crippen LogP contribution in [0.1, 0.15) is 70.6 Å². The highest BCUT2D eigenvalue weighted by molar-refractivity contribution is 6.30. The Balaban J connectivity index is 0.00000248. The average molecular weight is 621 g/mol. The summed E-state index contributed by atoms with van der Waals surface area (Å²) in [4.78, 5) is 25.6. The van der Waals surface area contributed by atoms with Gasteiger partial charge in [0.1, 0.15) is 0 Å². The highest BCUT2D eigenvalue weighted by Gasteiger charge is 2.41. The summed E-state index contributed by atoms with van der Waals surface area (Å²) in [5, 5.41) is 9.78. The number of hydrogen-bond donors (Lipinski definition) is 1. The summed E-state index contributed by atoms with van der Waals surface area (Å²) < 4.78 is 46.4. The molecule has 0 saturated carbocycles. The lowest BCUT2D eigenvalue weighted by Gasteiger charge is -2.47. The van der Waals surface area contributed by atoms with Gasteiger partial charge in [-0.25, -0.2) is 14.8 Å². The van der Waals surface area contributed by atoms with Crippen LogP contribution in [0.2, 0.25) is 5.02 Å². The molecule has 1 fully saturated rings. The van der Waals surface area contributed by atoms with Gasteiger partial charge in [0, 0.05) is 29.7 Å². The van der Waals surface area contributed by atoms with Gasteiger partial charge in [-0.05, 0) is 68.9 Å². The number of aromatic nitrogens is 2. The highest BCUT2D eigenvalue weighted by atomic mass is 35.5. The standard InChI is InChI=1S/C30H34ClF3N4O3.C2H6/c1-4-24-14-25(15-26(12-20-8-6-5-7-9-20)38(24)29(40)41-19(2)3)37(28-35-16-27(39)17-36-28)18-21-10-22(30(32,33)34)13-23(31)11-21;1-2/h5-11,13,16-17,19,24-26,39H,4,12,14-15,18H2,1-3H3;1-2H3/t24-,25?,26+;/m1./s1. The minimum Gasteiger partial charge on any atom is -0.505 e. The largest absolute Gasteiger partial charge is 0.505 e. The third kappa shape index (κ3) is 9.23. The SMILES string of the molecule is CC.CC[C@@H]1CC(N(Cc2cc(Cl)cc(C(F)(F)F)c2)c2ncc(O)cn2)C[C@H](Cc2ccccc2)N1C(=O)OC(C)C. The predicted octanol–water partition coefficient (Wildman–Crippen LogP) is 8.29. The molecule has 2 aromatic carbocycles. The van der Waals surface area contributed by atoms with Gasteiger partial charge in [0.2, 0.25) is 5.95 Å². The van der Waals surface area contributed by atoms with Crippen molar-refractivity contribution in [1.29, 1.82) is 0 Å². The third-order valence-corrected chi connectivity index (χ3v) is 7.39. The van der Waals surface area contributed by atoms with Gasteiger partial charge in [-0.3, -0.25) is 0 Å². The molecule has 1 aromatic heterocycles. The first-order valence-corrected chi connectivity index (χ1v) is 15.0. The molecule has 3 aromatic rings. The molecule has 1 N–H and O–H groups in total. The van der Waals surface area contributed by atoms with Crippen molar-refractivity contribution in [1.82, 2.24) is 14.9 Å². The summed E-state index contributed by atoms with van der Waals surface area (Å²) >= 11 is 6.11. The first-order chi connectivity index (χ1) is 20.4. The number of aromatic hydroxyl groups is 1. The third-order valence-electron chi connectivity index (χ3n) is 7.17. The van der Waals surface area contributed by atoms with Gasteiger partial charge < -0.3 is 19.6 Å². The Bertz CT molecular complexity index is 1310. The van der Waals surface area contributed by atoms with Crippen LogP contribution in [0, 0.1) is 0 Å². The molecule has 1 unspecified atom stereocenters. The molecule has 43 heavy (non-hydrogen) atoms. The number of ether oxygens (including phenoxy) is 1. The zero-order valence-electron chi connectivity index (χ0n) is 25.2. The molecule has 0 radical (unpaired) electrons. The van der Waals surface area contributed by atoms with Crippen molar-refractivity contribution in [2.24, 2.45) is 0 Å². The fourth-order valence-electron chi connectivity index (χ4n) is 5.42. The van der Waals surface area contributed by atoms with Crippen molar-refractivity contribution >= 4 is 23.6 Å². The number of piperidine rings is 1. The molecular weight excluding hydrogens is 581 g/mol. The molecule has 4 rings (SSSR count). The molecule has 3 atom stereocenters. The summed E-state index contributed by atoms with van der Waals surface area (Å²) in [6.07, 6.45) is -0.497. The Labute approximate surface area is 256 Å². The molecule has 0 bridgehead atoms. The molecule has 0 aliphatic carbocycles. The Hall–Kier alpha value is -3.53. The van der Waals surface area contributed by atoms with Crippen molar-refractivity contribution in [3.05, 3.63) is 82.6 Å². The molecule has 11 heteroatoms. The summed E-state index contributed by atoms with van der Waals surface area (Å²) in [5.41, 5.74) is 0.550. The molecule has 1 saturated heterocycles. The lowest BCUT2D eigenvalue weighted by Crippen LogP contribution is -2.58. The fraction of sp³-hybridized carbons (Fsp3) is 0.469. The number of alkyl halides is 3. The van der Waals surface area contributed by atoms with E-state index >= 15 is 0 Å². The second-order valence-corrected chi connectivity index (χ2v) is 11.0. The summed E-state index contributed by atoms with van der Waals surface area (Å²) in [7, 11) is 0. The van der Waals surface area contributed by atoms with Crippen molar-refractivity contribution < 1.29 is 27.8 Å². The Morgan fingerprint density at radius 2 is 1.70 bits per heavy atom. The number of benzene rings is 2. The number of rotatable bonds is 8. The van der Waals surface area contributed by atoms with E-state index in [1.807, 2.05) is 74.8 Å². The number of carbonyl (C=O) groups is 1. The molecular formula is C32H40ClF3N4O3. The normalized spacial score (nSPS) is 18.6. The van der Waals surface area contributed by atoms with E-state index in [0.717, 1.165) is 17.7 Å². The maximum Gasteiger partial charge on any atom is 0.416 e. The number of carbonyl (C=O) groups excluding carboxylic acids is 1. The van der Waals surface area contributed by atoms with Crippen LogP contribution in [0.5, 0.6) is 5.75 Å². The summed E-state index contributed by atoms with van der Waals surface area (Å²) in [6, 6.07) is 12.6. The van der Waals surface area contributed by atoms with Gasteiger partial charge in [-0.2, -0.15) is 13.2 Å². The number of nitrogens with zero attached hydrogens (tertiary/aromatic N) is 4. The molecule has 7 nitrogen and oxygen atoms in total. The highest BCUT2D eigenvalue weighted by Crippen LogP contribution is 2.36. The van der Waals surface area contributed by atoms with Crippen LogP contribution in [0.4, 0.5) is 23.9 Å². The van der Waals surface area contributed by atoms with Crippen molar-refractivity contribution in [2.45, 2.75) is 97.3 Å². The van der Waals surface area contributed by atoms with Gasteiger partial charge in [-0.15, -0.1) is 0 Å². The Morgan fingerprint density at radius 3 is 2.28 bits per heavy atom. The van der Waals surface area contributed by atoms with Gasteiger partial charge in [0.05, 0.1) is 24.1 Å². The maximum absolute atomic E-state index is 13.6. The monoisotopic (exact) mass is 620 g/mol. The van der Waals surface area contributed by atoms with Crippen LogP contribution in [0.25, 0.3) is 0 Å². The van der Waals surface area contributed by atoms with E-state index in [9.17, 15) is 23.1 Å². The zero-order chi connectivity index (χ0) is 31.7. The second kappa shape index (κ2) is 15.3. The fourth-order valence-corrected chi connectivity index (χ4v) is 5.68. The van der Waals surface area contributed by atoms with E-state index in [0.29, 0.717) is 31.2 Å². The quantitative estimate of drug-likeness (QED) is 0.273. The van der Waals surface area contributed by atoms with Crippen LogP contribution in [-0.2, 0) is 23.9 Å². The maximum atomic E-state index is 13.6. The smallest absolute Gasteiger partial charge is 0.416 e. The lowest BCUT2D eigenvalue weighted by atomic mass is 9.86. The van der Waals surface area contributed by atoms with Gasteiger partial charge >= 0.3 is 12.3 Å². The van der Waals surface area contributed by atoms with Gasteiger partial charge in [-0.1, -0.05) is 62.7 Å². The molecule has 2 heterocycles. The number of hydrogen-bond acceptors (Lipinski definition) is 6. The summed E-state index contributed by atoms with van der Waals surface area (Å²) in [6.45, 7) is 9.66. The molecule has 1 amide bonds. The summed E-state index contributed by atoms with van der Waals surface area (Å²) in [5.74, 6) is 0.128. The van der Waals surface area contributed by atoms with E-state index in [1.54, 1.807) is 0 Å².